The lowest BCUT2D eigenvalue weighted by Gasteiger charge is -2.25. The monoisotopic (exact) mass is 215 g/mol. The highest BCUT2D eigenvalue weighted by Crippen LogP contribution is 2.25. The first-order chi connectivity index (χ1) is 7.92. The summed E-state index contributed by atoms with van der Waals surface area (Å²) in [4.78, 5) is 4.55. The maximum absolute atomic E-state index is 4.55. The summed E-state index contributed by atoms with van der Waals surface area (Å²) in [5.41, 5.74) is 2.16. The highest BCUT2D eigenvalue weighted by atomic mass is 15.0. The molecule has 16 heavy (non-hydrogen) atoms. The van der Waals surface area contributed by atoms with E-state index in [0.717, 1.165) is 30.3 Å². The first-order valence-corrected chi connectivity index (χ1v) is 6.05. The van der Waals surface area contributed by atoms with Crippen molar-refractivity contribution < 1.29 is 0 Å². The molecule has 0 aromatic carbocycles. The van der Waals surface area contributed by atoms with Crippen molar-refractivity contribution in [2.24, 2.45) is 5.92 Å². The van der Waals surface area contributed by atoms with E-state index in [-0.39, 0.29) is 0 Å². The number of hydrogen-bond donors (Lipinski definition) is 1. The zero-order chi connectivity index (χ0) is 10.8. The van der Waals surface area contributed by atoms with Crippen LogP contribution in [0, 0.1) is 5.92 Å². The van der Waals surface area contributed by atoms with Gasteiger partial charge in [0.05, 0.1) is 5.69 Å². The molecule has 0 aliphatic heterocycles. The Labute approximate surface area is 95.5 Å². The lowest BCUT2D eigenvalue weighted by Crippen LogP contribution is -2.26. The van der Waals surface area contributed by atoms with Crippen molar-refractivity contribution >= 4 is 5.65 Å². The molecule has 1 N–H and O–H groups in total. The number of aromatic nitrogens is 2. The van der Waals surface area contributed by atoms with Crippen molar-refractivity contribution in [2.75, 3.05) is 6.54 Å². The third-order valence-corrected chi connectivity index (χ3v) is 3.38. The van der Waals surface area contributed by atoms with Gasteiger partial charge in [0, 0.05) is 18.9 Å². The Morgan fingerprint density at radius 3 is 3.06 bits per heavy atom. The van der Waals surface area contributed by atoms with Crippen LogP contribution in [-0.4, -0.2) is 15.9 Å². The van der Waals surface area contributed by atoms with Gasteiger partial charge < -0.3 is 9.72 Å². The van der Waals surface area contributed by atoms with Crippen LogP contribution in [0.4, 0.5) is 0 Å². The minimum absolute atomic E-state index is 0.887. The Balaban J connectivity index is 1.60. The van der Waals surface area contributed by atoms with Crippen molar-refractivity contribution in [2.45, 2.75) is 25.8 Å². The van der Waals surface area contributed by atoms with Gasteiger partial charge in [-0.2, -0.15) is 0 Å². The van der Waals surface area contributed by atoms with Gasteiger partial charge in [-0.05, 0) is 37.4 Å². The van der Waals surface area contributed by atoms with E-state index in [0.29, 0.717) is 0 Å². The van der Waals surface area contributed by atoms with E-state index in [2.05, 4.69) is 20.9 Å². The van der Waals surface area contributed by atoms with Crippen molar-refractivity contribution in [1.82, 2.24) is 14.7 Å². The van der Waals surface area contributed by atoms with E-state index < -0.39 is 0 Å². The molecule has 2 aromatic heterocycles. The molecular formula is C13H17N3. The molecule has 0 radical (unpaired) electrons. The Morgan fingerprint density at radius 1 is 1.38 bits per heavy atom. The molecule has 3 heteroatoms. The van der Waals surface area contributed by atoms with Crippen LogP contribution in [0.2, 0.25) is 0 Å². The lowest BCUT2D eigenvalue weighted by molar-refractivity contribution is 0.301. The molecule has 0 amide bonds. The van der Waals surface area contributed by atoms with Crippen LogP contribution in [-0.2, 0) is 6.54 Å². The van der Waals surface area contributed by atoms with Gasteiger partial charge in [-0.3, -0.25) is 0 Å². The minimum atomic E-state index is 0.887. The topological polar surface area (TPSA) is 29.3 Å². The number of imidazole rings is 1. The van der Waals surface area contributed by atoms with Crippen molar-refractivity contribution in [1.29, 1.82) is 0 Å². The molecule has 0 saturated heterocycles. The quantitative estimate of drug-likeness (QED) is 0.847. The van der Waals surface area contributed by atoms with E-state index >= 15 is 0 Å². The molecule has 0 spiro atoms. The van der Waals surface area contributed by atoms with Gasteiger partial charge in [-0.1, -0.05) is 12.5 Å². The van der Waals surface area contributed by atoms with Gasteiger partial charge in [0.15, 0.2) is 0 Å². The minimum Gasteiger partial charge on any atom is -0.311 e. The molecule has 2 heterocycles. The first-order valence-electron chi connectivity index (χ1n) is 6.05. The van der Waals surface area contributed by atoms with Gasteiger partial charge in [0.2, 0.25) is 0 Å². The number of fused-ring (bicyclic) bond motifs is 1. The average Bonchev–Trinajstić information content (AvgIpc) is 2.64. The summed E-state index contributed by atoms with van der Waals surface area (Å²) in [7, 11) is 0. The Hall–Kier alpha value is -1.35. The predicted molar refractivity (Wildman–Crippen MR) is 64.2 cm³/mol. The van der Waals surface area contributed by atoms with Crippen molar-refractivity contribution in [3.63, 3.8) is 0 Å². The van der Waals surface area contributed by atoms with Crippen LogP contribution >= 0.6 is 0 Å². The van der Waals surface area contributed by atoms with E-state index in [9.17, 15) is 0 Å². The average molecular weight is 215 g/mol. The Morgan fingerprint density at radius 2 is 2.31 bits per heavy atom. The first kappa shape index (κ1) is 9.85. The third-order valence-electron chi connectivity index (χ3n) is 3.38. The Bertz CT molecular complexity index is 438. The second-order valence-corrected chi connectivity index (χ2v) is 4.63. The highest BCUT2D eigenvalue weighted by Gasteiger charge is 2.16. The van der Waals surface area contributed by atoms with E-state index in [1.807, 2.05) is 24.4 Å². The summed E-state index contributed by atoms with van der Waals surface area (Å²) in [5, 5.41) is 3.49. The maximum Gasteiger partial charge on any atom is 0.137 e. The van der Waals surface area contributed by atoms with Crippen LogP contribution in [0.1, 0.15) is 25.0 Å². The van der Waals surface area contributed by atoms with Crippen LogP contribution in [0.15, 0.2) is 30.6 Å². The van der Waals surface area contributed by atoms with Crippen LogP contribution < -0.4 is 5.32 Å². The van der Waals surface area contributed by atoms with Crippen LogP contribution in [0.25, 0.3) is 5.65 Å². The number of rotatable bonds is 4. The fourth-order valence-corrected chi connectivity index (χ4v) is 2.17. The highest BCUT2D eigenvalue weighted by molar-refractivity contribution is 5.39. The van der Waals surface area contributed by atoms with Gasteiger partial charge >= 0.3 is 0 Å². The molecule has 1 fully saturated rings. The summed E-state index contributed by atoms with van der Waals surface area (Å²) >= 11 is 0. The third kappa shape index (κ3) is 1.95. The molecule has 1 saturated carbocycles. The largest absolute Gasteiger partial charge is 0.311 e. The summed E-state index contributed by atoms with van der Waals surface area (Å²) in [5.74, 6) is 0.914. The van der Waals surface area contributed by atoms with Gasteiger partial charge in [-0.25, -0.2) is 4.98 Å². The van der Waals surface area contributed by atoms with Crippen molar-refractivity contribution in [3.05, 3.63) is 36.3 Å². The fourth-order valence-electron chi connectivity index (χ4n) is 2.17. The number of nitrogens with one attached hydrogen (secondary N) is 1. The summed E-state index contributed by atoms with van der Waals surface area (Å²) in [6, 6.07) is 6.09. The van der Waals surface area contributed by atoms with E-state index in [4.69, 9.17) is 0 Å². The van der Waals surface area contributed by atoms with Gasteiger partial charge in [0.1, 0.15) is 5.65 Å². The fraction of sp³-hybridized carbons (Fsp3) is 0.462. The molecule has 2 aromatic rings. The predicted octanol–water partition coefficient (Wildman–Crippen LogP) is 2.22. The Kier molecular flexibility index (Phi) is 2.62. The zero-order valence-corrected chi connectivity index (χ0v) is 9.39. The summed E-state index contributed by atoms with van der Waals surface area (Å²) in [6.07, 6.45) is 8.36. The van der Waals surface area contributed by atoms with E-state index in [1.54, 1.807) is 0 Å². The molecule has 0 bridgehead atoms. The second-order valence-electron chi connectivity index (χ2n) is 4.63. The molecule has 0 atom stereocenters. The summed E-state index contributed by atoms with van der Waals surface area (Å²) < 4.78 is 2.07. The molecule has 1 aliphatic carbocycles. The number of hydrogen-bond acceptors (Lipinski definition) is 2. The molecule has 0 unspecified atom stereocenters. The molecule has 1 aliphatic rings. The van der Waals surface area contributed by atoms with E-state index in [1.165, 1.54) is 19.3 Å². The maximum atomic E-state index is 4.55. The van der Waals surface area contributed by atoms with Gasteiger partial charge in [-0.15, -0.1) is 0 Å². The molecule has 3 nitrogen and oxygen atoms in total. The second kappa shape index (κ2) is 4.26. The number of pyridine rings is 1. The standard InChI is InChI=1S/C13H17N3/c1-2-7-16-10-12(15-13(16)6-1)9-14-8-11-4-3-5-11/h1-2,6-7,10-11,14H,3-5,8-9H2. The van der Waals surface area contributed by atoms with Crippen LogP contribution in [0.5, 0.6) is 0 Å². The lowest BCUT2D eigenvalue weighted by atomic mass is 9.85. The van der Waals surface area contributed by atoms with Crippen LogP contribution in [0.3, 0.4) is 0 Å². The molecule has 84 valence electrons. The van der Waals surface area contributed by atoms with Gasteiger partial charge in [0.25, 0.3) is 0 Å². The number of nitrogens with zero attached hydrogens (tertiary/aromatic N) is 2. The molecular weight excluding hydrogens is 198 g/mol. The zero-order valence-electron chi connectivity index (χ0n) is 9.39. The molecule has 3 rings (SSSR count). The SMILES string of the molecule is c1ccn2cc(CNCC3CCC3)nc2c1. The normalized spacial score (nSPS) is 16.5. The summed E-state index contributed by atoms with van der Waals surface area (Å²) in [6.45, 7) is 2.03. The van der Waals surface area contributed by atoms with Crippen molar-refractivity contribution in [3.8, 4) is 0 Å². The smallest absolute Gasteiger partial charge is 0.137 e.